The van der Waals surface area contributed by atoms with Crippen LogP contribution in [0.1, 0.15) is 22.5 Å². The minimum absolute atomic E-state index is 0.283. The van der Waals surface area contributed by atoms with Crippen LogP contribution in [0.5, 0.6) is 0 Å². The standard InChI is InChI=1S/C20H16N2O2/c23-21-16-20(14-12-18-9-5-2-6-10-18)22(24)15-19(21)13-11-17-7-3-1-4-8-17/h1-16H/b13-11+,14-12+. The Kier molecular flexibility index (Phi) is 4.68. The third-order valence-electron chi connectivity index (χ3n) is 3.50. The van der Waals surface area contributed by atoms with Crippen molar-refractivity contribution < 1.29 is 4.43 Å². The fourth-order valence-electron chi connectivity index (χ4n) is 2.23. The van der Waals surface area contributed by atoms with E-state index in [1.54, 1.807) is 24.3 Å². The Labute approximate surface area is 139 Å². The molecule has 4 nitrogen and oxygen atoms in total. The molecule has 0 amide bonds. The van der Waals surface area contributed by atoms with Gasteiger partial charge in [0.05, 0.1) is 10.6 Å². The van der Waals surface area contributed by atoms with Gasteiger partial charge in [-0.05, 0) is 23.3 Å². The zero-order valence-corrected chi connectivity index (χ0v) is 12.9. The first kappa shape index (κ1) is 15.5. The van der Waals surface area contributed by atoms with Crippen LogP contribution in [0, 0.1) is 10.1 Å². The summed E-state index contributed by atoms with van der Waals surface area (Å²) in [5.41, 5.74) is 2.49. The molecule has 0 N–H and O–H groups in total. The lowest BCUT2D eigenvalue weighted by Gasteiger charge is -2.11. The molecule has 3 aromatic rings. The van der Waals surface area contributed by atoms with Crippen LogP contribution in [0.2, 0.25) is 0 Å². The van der Waals surface area contributed by atoms with E-state index in [1.807, 2.05) is 60.7 Å². The van der Waals surface area contributed by atoms with Gasteiger partial charge in [-0.15, -0.1) is 0 Å². The second kappa shape index (κ2) is 7.24. The number of hydrogen-bond donors (Lipinski definition) is 0. The molecule has 0 saturated heterocycles. The molecule has 1 aromatic heterocycles. The van der Waals surface area contributed by atoms with Crippen LogP contribution < -0.4 is 4.43 Å². The van der Waals surface area contributed by atoms with Gasteiger partial charge in [0, 0.05) is 11.0 Å². The average Bonchev–Trinajstić information content (AvgIpc) is 2.62. The molecule has 0 unspecified atom stereocenters. The van der Waals surface area contributed by atoms with Crippen molar-refractivity contribution >= 4 is 24.3 Å². The van der Waals surface area contributed by atoms with Gasteiger partial charge in [0.2, 0.25) is 0 Å². The van der Waals surface area contributed by atoms with Crippen molar-refractivity contribution in [1.82, 2.24) is 4.73 Å². The fraction of sp³-hybridized carbons (Fsp3) is 0. The first-order chi connectivity index (χ1) is 11.7. The maximum atomic E-state index is 12.1. The fourth-order valence-corrected chi connectivity index (χ4v) is 2.23. The van der Waals surface area contributed by atoms with Crippen LogP contribution >= 0.6 is 0 Å². The quantitative estimate of drug-likeness (QED) is 0.681. The molecule has 0 bridgehead atoms. The van der Waals surface area contributed by atoms with E-state index < -0.39 is 0 Å². The molecule has 0 aliphatic heterocycles. The van der Waals surface area contributed by atoms with Gasteiger partial charge in [-0.3, -0.25) is 0 Å². The molecular weight excluding hydrogens is 300 g/mol. The summed E-state index contributed by atoms with van der Waals surface area (Å²) >= 11 is 0. The molecule has 0 saturated carbocycles. The second-order valence-electron chi connectivity index (χ2n) is 5.25. The van der Waals surface area contributed by atoms with Crippen LogP contribution in [0.25, 0.3) is 24.3 Å². The number of hydrogen-bond acceptors (Lipinski definition) is 2. The molecule has 118 valence electrons. The smallest absolute Gasteiger partial charge is 0.278 e. The van der Waals surface area contributed by atoms with Crippen LogP contribution in [0.3, 0.4) is 0 Å². The van der Waals surface area contributed by atoms with Crippen molar-refractivity contribution in [2.45, 2.75) is 0 Å². The summed E-state index contributed by atoms with van der Waals surface area (Å²) in [7, 11) is 0. The highest BCUT2D eigenvalue weighted by Crippen LogP contribution is 2.09. The molecule has 0 aliphatic carbocycles. The molecule has 4 heteroatoms. The molecule has 1 heterocycles. The van der Waals surface area contributed by atoms with E-state index >= 15 is 0 Å². The molecule has 0 spiro atoms. The lowest BCUT2D eigenvalue weighted by molar-refractivity contribution is -0.498. The normalized spacial score (nSPS) is 11.3. The number of aromatic nitrogens is 2. The maximum Gasteiger partial charge on any atom is 0.278 e. The number of benzene rings is 2. The van der Waals surface area contributed by atoms with Crippen molar-refractivity contribution in [3.63, 3.8) is 0 Å². The van der Waals surface area contributed by atoms with E-state index in [1.165, 1.54) is 12.4 Å². The van der Waals surface area contributed by atoms with Crippen molar-refractivity contribution in [1.29, 1.82) is 0 Å². The van der Waals surface area contributed by atoms with Crippen molar-refractivity contribution in [2.24, 2.45) is 0 Å². The zero-order chi connectivity index (χ0) is 16.8. The molecule has 2 aromatic carbocycles. The van der Waals surface area contributed by atoms with E-state index in [4.69, 9.17) is 0 Å². The van der Waals surface area contributed by atoms with Crippen LogP contribution in [0.15, 0.2) is 73.1 Å². The van der Waals surface area contributed by atoms with Gasteiger partial charge < -0.3 is 9.94 Å². The summed E-state index contributed by atoms with van der Waals surface area (Å²) in [6, 6.07) is 19.2. The topological polar surface area (TPSA) is 51.0 Å². The van der Waals surface area contributed by atoms with Gasteiger partial charge in [0.15, 0.2) is 0 Å². The highest BCUT2D eigenvalue weighted by molar-refractivity contribution is 5.69. The molecule has 0 radical (unpaired) electrons. The van der Waals surface area contributed by atoms with Gasteiger partial charge >= 0.3 is 0 Å². The minimum Gasteiger partial charge on any atom is -0.805 e. The first-order valence-corrected chi connectivity index (χ1v) is 7.55. The summed E-state index contributed by atoms with van der Waals surface area (Å²) in [4.78, 5) is 12.1. The molecule has 0 fully saturated rings. The lowest BCUT2D eigenvalue weighted by atomic mass is 10.2. The predicted octanol–water partition coefficient (Wildman–Crippen LogP) is 4.09. The molecule has 0 atom stereocenters. The average molecular weight is 316 g/mol. The third kappa shape index (κ3) is 3.87. The summed E-state index contributed by atoms with van der Waals surface area (Å²) < 4.78 is 1.39. The van der Waals surface area contributed by atoms with Crippen LogP contribution in [0.4, 0.5) is 0 Å². The van der Waals surface area contributed by atoms with Crippen molar-refractivity contribution in [3.8, 4) is 0 Å². The molecule has 24 heavy (non-hydrogen) atoms. The highest BCUT2D eigenvalue weighted by Gasteiger charge is 2.06. The Balaban J connectivity index is 1.85. The van der Waals surface area contributed by atoms with Gasteiger partial charge in [0.1, 0.15) is 5.69 Å². The first-order valence-electron chi connectivity index (χ1n) is 7.55. The highest BCUT2D eigenvalue weighted by atomic mass is 16.5. The SMILES string of the molecule is O=[n+]1cc(/C=C/c2ccccc2)n([O-])cc1/C=C/c1ccccc1. The molecule has 3 rings (SSSR count). The monoisotopic (exact) mass is 316 g/mol. The zero-order valence-electron chi connectivity index (χ0n) is 12.9. The Morgan fingerprint density at radius 2 is 1.33 bits per heavy atom. The largest absolute Gasteiger partial charge is 0.805 e. The minimum atomic E-state index is 0.283. The van der Waals surface area contributed by atoms with Crippen LogP contribution in [-0.4, -0.2) is 4.73 Å². The van der Waals surface area contributed by atoms with E-state index in [0.717, 1.165) is 11.1 Å². The number of nitrogens with zero attached hydrogens (tertiary/aromatic N) is 2. The predicted molar refractivity (Wildman–Crippen MR) is 97.3 cm³/mol. The summed E-state index contributed by atoms with van der Waals surface area (Å²) in [5.74, 6) is 0. The number of rotatable bonds is 4. The second-order valence-corrected chi connectivity index (χ2v) is 5.25. The summed E-state index contributed by atoms with van der Waals surface area (Å²) in [6.45, 7) is 0. The Bertz CT molecular complexity index is 927. The van der Waals surface area contributed by atoms with Crippen molar-refractivity contribution in [3.05, 3.63) is 106 Å². The Morgan fingerprint density at radius 1 is 0.792 bits per heavy atom. The maximum absolute atomic E-state index is 12.1. The Hall–Kier alpha value is -3.40. The lowest BCUT2D eigenvalue weighted by Crippen LogP contribution is -2.21. The van der Waals surface area contributed by atoms with E-state index in [-0.39, 0.29) is 11.4 Å². The van der Waals surface area contributed by atoms with E-state index in [9.17, 15) is 10.1 Å². The molecular formula is C20H16N2O2. The van der Waals surface area contributed by atoms with Gasteiger partial charge in [-0.2, -0.15) is 0 Å². The van der Waals surface area contributed by atoms with E-state index in [2.05, 4.69) is 0 Å². The summed E-state index contributed by atoms with van der Waals surface area (Å²) in [5, 5.41) is 12.1. The third-order valence-corrected chi connectivity index (χ3v) is 3.50. The van der Waals surface area contributed by atoms with Crippen molar-refractivity contribution in [2.75, 3.05) is 0 Å². The molecule has 0 aliphatic rings. The van der Waals surface area contributed by atoms with Gasteiger partial charge in [0.25, 0.3) is 11.9 Å². The van der Waals surface area contributed by atoms with E-state index in [0.29, 0.717) is 9.16 Å². The van der Waals surface area contributed by atoms with Crippen LogP contribution in [-0.2, 0) is 0 Å². The van der Waals surface area contributed by atoms with Gasteiger partial charge in [-0.1, -0.05) is 66.7 Å². The summed E-state index contributed by atoms with van der Waals surface area (Å²) in [6.07, 6.45) is 9.39. The van der Waals surface area contributed by atoms with Gasteiger partial charge in [-0.25, -0.2) is 0 Å². The Morgan fingerprint density at radius 3 is 1.92 bits per heavy atom.